The molecule has 1 saturated heterocycles. The van der Waals surface area contributed by atoms with Gasteiger partial charge in [-0.25, -0.2) is 4.98 Å². The van der Waals surface area contributed by atoms with E-state index in [0.29, 0.717) is 25.3 Å². The van der Waals surface area contributed by atoms with Gasteiger partial charge in [0.15, 0.2) is 0 Å². The van der Waals surface area contributed by atoms with E-state index in [1.807, 2.05) is 13.8 Å². The summed E-state index contributed by atoms with van der Waals surface area (Å²) in [6.07, 6.45) is -2.94. The number of carbonyl (C=O) groups is 1. The van der Waals surface area contributed by atoms with E-state index in [1.165, 1.54) is 12.1 Å². The number of aromatic nitrogens is 1. The quantitative estimate of drug-likeness (QED) is 0.672. The van der Waals surface area contributed by atoms with E-state index in [9.17, 15) is 18.0 Å². The van der Waals surface area contributed by atoms with Crippen molar-refractivity contribution in [2.45, 2.75) is 44.4 Å². The lowest BCUT2D eigenvalue weighted by Crippen LogP contribution is -2.50. The van der Waals surface area contributed by atoms with Gasteiger partial charge >= 0.3 is 6.18 Å². The summed E-state index contributed by atoms with van der Waals surface area (Å²) >= 11 is 0. The van der Waals surface area contributed by atoms with Crippen molar-refractivity contribution in [1.82, 2.24) is 15.2 Å². The summed E-state index contributed by atoms with van der Waals surface area (Å²) in [5, 5.41) is 15.5. The molecule has 0 saturated carbocycles. The first kappa shape index (κ1) is 23.5. The average Bonchev–Trinajstić information content (AvgIpc) is 3.25. The topological polar surface area (TPSA) is 81.1 Å². The summed E-state index contributed by atoms with van der Waals surface area (Å²) in [6, 6.07) is 12.0. The van der Waals surface area contributed by atoms with Crippen LogP contribution in [0.5, 0.6) is 0 Å². The molecule has 2 aromatic rings. The van der Waals surface area contributed by atoms with Gasteiger partial charge in [0.2, 0.25) is 5.91 Å². The number of halogens is 3. The maximum Gasteiger partial charge on any atom is 0.417 e. The third kappa shape index (κ3) is 5.77. The van der Waals surface area contributed by atoms with E-state index in [0.717, 1.165) is 12.5 Å². The van der Waals surface area contributed by atoms with Crippen LogP contribution in [0.4, 0.5) is 19.0 Å². The van der Waals surface area contributed by atoms with Gasteiger partial charge in [0.05, 0.1) is 23.9 Å². The second-order valence-corrected chi connectivity index (χ2v) is 8.42. The Bertz CT molecular complexity index is 1000. The van der Waals surface area contributed by atoms with Gasteiger partial charge in [-0.05, 0) is 44.9 Å². The fourth-order valence-corrected chi connectivity index (χ4v) is 3.63. The van der Waals surface area contributed by atoms with E-state index in [2.05, 4.69) is 21.7 Å². The number of hydrogen-bond donors (Lipinski definition) is 2. The van der Waals surface area contributed by atoms with Crippen molar-refractivity contribution < 1.29 is 18.0 Å². The zero-order valence-corrected chi connectivity index (χ0v) is 18.0. The molecular formula is C23H26F3N5O. The summed E-state index contributed by atoms with van der Waals surface area (Å²) in [5.74, 6) is 0.316. The standard InChI is InChI=1S/C23H26F3N5O/c1-22(2,29-14-21(32)31-12-6-7-16(31)13-27)15-28-20-11-5-10-19(30-20)17-8-3-4-9-18(17)23(24,25)26/h3-5,8-11,16,29H,6-7,12,14-15H2,1-2H3,(H,28,30). The van der Waals surface area contributed by atoms with Crippen molar-refractivity contribution in [3.8, 4) is 17.3 Å². The van der Waals surface area contributed by atoms with Gasteiger partial charge in [-0.1, -0.05) is 24.3 Å². The number of amides is 1. The smallest absolute Gasteiger partial charge is 0.368 e. The van der Waals surface area contributed by atoms with Crippen LogP contribution in [0.1, 0.15) is 32.3 Å². The number of carbonyl (C=O) groups excluding carboxylic acids is 1. The number of pyridine rings is 1. The predicted molar refractivity (Wildman–Crippen MR) is 116 cm³/mol. The number of hydrogen-bond acceptors (Lipinski definition) is 5. The molecule has 0 radical (unpaired) electrons. The van der Waals surface area contributed by atoms with Crippen LogP contribution in [0.15, 0.2) is 42.5 Å². The van der Waals surface area contributed by atoms with Gasteiger partial charge in [-0.3, -0.25) is 4.79 Å². The first-order chi connectivity index (χ1) is 15.1. The Hall–Kier alpha value is -3.12. The van der Waals surface area contributed by atoms with Gasteiger partial charge in [0, 0.05) is 24.2 Å². The van der Waals surface area contributed by atoms with Crippen LogP contribution in [0.2, 0.25) is 0 Å². The first-order valence-corrected chi connectivity index (χ1v) is 10.4. The summed E-state index contributed by atoms with van der Waals surface area (Å²) in [6.45, 7) is 4.88. The molecule has 1 unspecified atom stereocenters. The summed E-state index contributed by atoms with van der Waals surface area (Å²) in [7, 11) is 0. The maximum atomic E-state index is 13.3. The van der Waals surface area contributed by atoms with Crippen LogP contribution < -0.4 is 10.6 Å². The Morgan fingerprint density at radius 2 is 1.97 bits per heavy atom. The molecule has 2 N–H and O–H groups in total. The highest BCUT2D eigenvalue weighted by Gasteiger charge is 2.33. The van der Waals surface area contributed by atoms with Crippen molar-refractivity contribution in [1.29, 1.82) is 5.26 Å². The van der Waals surface area contributed by atoms with Crippen molar-refractivity contribution in [2.24, 2.45) is 0 Å². The number of rotatable bonds is 7. The van der Waals surface area contributed by atoms with Crippen LogP contribution in [-0.4, -0.2) is 47.0 Å². The van der Waals surface area contributed by atoms with Gasteiger partial charge in [-0.15, -0.1) is 0 Å². The summed E-state index contributed by atoms with van der Waals surface area (Å²) in [5.41, 5.74) is -0.994. The largest absolute Gasteiger partial charge is 0.417 e. The van der Waals surface area contributed by atoms with Crippen molar-refractivity contribution in [3.05, 3.63) is 48.0 Å². The average molecular weight is 445 g/mol. The molecule has 3 rings (SSSR count). The van der Waals surface area contributed by atoms with E-state index in [-0.39, 0.29) is 29.8 Å². The molecular weight excluding hydrogens is 419 g/mol. The lowest BCUT2D eigenvalue weighted by molar-refractivity contribution is -0.137. The molecule has 0 bridgehead atoms. The Labute approximate surface area is 185 Å². The van der Waals surface area contributed by atoms with Crippen LogP contribution in [0.25, 0.3) is 11.3 Å². The molecule has 6 nitrogen and oxygen atoms in total. The van der Waals surface area contributed by atoms with Crippen LogP contribution in [0, 0.1) is 11.3 Å². The molecule has 9 heteroatoms. The Morgan fingerprint density at radius 1 is 1.22 bits per heavy atom. The third-order valence-electron chi connectivity index (χ3n) is 5.41. The minimum Gasteiger partial charge on any atom is -0.368 e. The van der Waals surface area contributed by atoms with Gasteiger partial charge in [0.25, 0.3) is 0 Å². The van der Waals surface area contributed by atoms with Crippen molar-refractivity contribution >= 4 is 11.7 Å². The molecule has 1 amide bonds. The molecule has 1 aliphatic rings. The highest BCUT2D eigenvalue weighted by atomic mass is 19.4. The van der Waals surface area contributed by atoms with E-state index in [4.69, 9.17) is 5.26 Å². The number of likely N-dealkylation sites (tertiary alicyclic amines) is 1. The lowest BCUT2D eigenvalue weighted by atomic mass is 10.0. The highest BCUT2D eigenvalue weighted by molar-refractivity contribution is 5.79. The molecule has 1 aliphatic heterocycles. The zero-order chi connectivity index (χ0) is 23.4. The van der Waals surface area contributed by atoms with Crippen LogP contribution in [0.3, 0.4) is 0 Å². The SMILES string of the molecule is CC(C)(CNc1cccc(-c2ccccc2C(F)(F)F)n1)NCC(=O)N1CCCC1C#N. The second-order valence-electron chi connectivity index (χ2n) is 8.42. The summed E-state index contributed by atoms with van der Waals surface area (Å²) in [4.78, 5) is 18.4. The van der Waals surface area contributed by atoms with Gasteiger partial charge in [0.1, 0.15) is 11.9 Å². The van der Waals surface area contributed by atoms with E-state index >= 15 is 0 Å². The monoisotopic (exact) mass is 445 g/mol. The van der Waals surface area contributed by atoms with Crippen LogP contribution in [-0.2, 0) is 11.0 Å². The molecule has 32 heavy (non-hydrogen) atoms. The fraction of sp³-hybridized carbons (Fsp3) is 0.435. The normalized spacial score (nSPS) is 16.6. The lowest BCUT2D eigenvalue weighted by Gasteiger charge is -2.28. The number of benzene rings is 1. The maximum absolute atomic E-state index is 13.3. The molecule has 1 atom stereocenters. The van der Waals surface area contributed by atoms with E-state index in [1.54, 1.807) is 29.2 Å². The molecule has 1 aromatic carbocycles. The molecule has 170 valence electrons. The summed E-state index contributed by atoms with van der Waals surface area (Å²) < 4.78 is 40.0. The van der Waals surface area contributed by atoms with Gasteiger partial charge in [-0.2, -0.15) is 18.4 Å². The van der Waals surface area contributed by atoms with E-state index < -0.39 is 17.3 Å². The number of nitrogens with one attached hydrogen (secondary N) is 2. The van der Waals surface area contributed by atoms with Crippen molar-refractivity contribution in [3.63, 3.8) is 0 Å². The number of nitrogens with zero attached hydrogens (tertiary/aromatic N) is 3. The minimum atomic E-state index is -4.47. The second kappa shape index (κ2) is 9.57. The first-order valence-electron chi connectivity index (χ1n) is 10.4. The molecule has 0 spiro atoms. The zero-order valence-electron chi connectivity index (χ0n) is 18.0. The molecule has 1 aromatic heterocycles. The fourth-order valence-electron chi connectivity index (χ4n) is 3.63. The Kier molecular flexibility index (Phi) is 7.04. The minimum absolute atomic E-state index is 0.0179. The highest BCUT2D eigenvalue weighted by Crippen LogP contribution is 2.36. The molecule has 0 aliphatic carbocycles. The van der Waals surface area contributed by atoms with Crippen molar-refractivity contribution in [2.75, 3.05) is 25.0 Å². The number of alkyl halides is 3. The molecule has 2 heterocycles. The van der Waals surface area contributed by atoms with Gasteiger partial charge < -0.3 is 15.5 Å². The predicted octanol–water partition coefficient (Wildman–Crippen LogP) is 4.06. The molecule has 1 fully saturated rings. The Balaban J connectivity index is 1.63. The number of anilines is 1. The third-order valence-corrected chi connectivity index (χ3v) is 5.41. The van der Waals surface area contributed by atoms with Crippen LogP contribution >= 0.6 is 0 Å². The Morgan fingerprint density at radius 3 is 2.69 bits per heavy atom. The number of nitriles is 1.